The first kappa shape index (κ1) is 23.9. The van der Waals surface area contributed by atoms with E-state index >= 15 is 0 Å². The Hall–Kier alpha value is -4.24. The quantitative estimate of drug-likeness (QED) is 0.393. The second kappa shape index (κ2) is 9.55. The molecular weight excluding hydrogens is 440 g/mol. The minimum Gasteiger partial charge on any atom is -0.482 e. The molecule has 3 aromatic rings. The molecule has 1 heterocycles. The molecule has 0 amide bonds. The van der Waals surface area contributed by atoms with Crippen molar-refractivity contribution in [3.8, 4) is 23.3 Å². The molecule has 6 nitrogen and oxygen atoms in total. The van der Waals surface area contributed by atoms with Crippen molar-refractivity contribution in [1.29, 1.82) is 5.26 Å². The van der Waals surface area contributed by atoms with Gasteiger partial charge in [0.05, 0.1) is 5.92 Å². The summed E-state index contributed by atoms with van der Waals surface area (Å²) in [6.07, 6.45) is 0. The maximum atomic E-state index is 12.3. The summed E-state index contributed by atoms with van der Waals surface area (Å²) in [5.41, 5.74) is 10.5. The lowest BCUT2D eigenvalue weighted by atomic mass is 9.81. The number of nitriles is 1. The summed E-state index contributed by atoms with van der Waals surface area (Å²) in [5.74, 6) is 0.441. The molecule has 0 saturated carbocycles. The van der Waals surface area contributed by atoms with Crippen molar-refractivity contribution < 1.29 is 19.0 Å². The first-order valence-electron chi connectivity index (χ1n) is 11.4. The van der Waals surface area contributed by atoms with Gasteiger partial charge in [-0.2, -0.15) is 5.26 Å². The van der Waals surface area contributed by atoms with E-state index in [2.05, 4.69) is 39.0 Å². The van der Waals surface area contributed by atoms with E-state index in [9.17, 15) is 10.1 Å². The van der Waals surface area contributed by atoms with Crippen LogP contribution in [0.15, 0.2) is 78.2 Å². The highest BCUT2D eigenvalue weighted by Crippen LogP contribution is 2.43. The topological polar surface area (TPSA) is 94.6 Å². The molecule has 0 radical (unpaired) electrons. The second-order valence-corrected chi connectivity index (χ2v) is 9.57. The second-order valence-electron chi connectivity index (χ2n) is 9.57. The number of rotatable bonds is 5. The minimum atomic E-state index is -0.545. The molecule has 2 N–H and O–H groups in total. The molecule has 1 unspecified atom stereocenters. The summed E-state index contributed by atoms with van der Waals surface area (Å²) < 4.78 is 16.7. The van der Waals surface area contributed by atoms with Crippen LogP contribution in [0, 0.1) is 18.3 Å². The van der Waals surface area contributed by atoms with Crippen LogP contribution in [-0.2, 0) is 10.2 Å². The van der Waals surface area contributed by atoms with Crippen LogP contribution in [0.25, 0.3) is 0 Å². The van der Waals surface area contributed by atoms with Gasteiger partial charge >= 0.3 is 5.97 Å². The molecule has 178 valence electrons. The summed E-state index contributed by atoms with van der Waals surface area (Å²) in [6, 6.07) is 22.9. The number of nitrogens with zero attached hydrogens (tertiary/aromatic N) is 1. The van der Waals surface area contributed by atoms with E-state index in [4.69, 9.17) is 19.9 Å². The van der Waals surface area contributed by atoms with Crippen LogP contribution in [0.3, 0.4) is 0 Å². The van der Waals surface area contributed by atoms with E-state index in [1.165, 1.54) is 5.56 Å². The number of nitrogens with two attached hydrogens (primary N) is 1. The van der Waals surface area contributed by atoms with Gasteiger partial charge in [0.25, 0.3) is 0 Å². The van der Waals surface area contributed by atoms with Gasteiger partial charge in [-0.1, -0.05) is 68.8 Å². The van der Waals surface area contributed by atoms with Gasteiger partial charge in [0.2, 0.25) is 5.88 Å². The minimum absolute atomic E-state index is 0.0149. The summed E-state index contributed by atoms with van der Waals surface area (Å²) in [7, 11) is 0. The van der Waals surface area contributed by atoms with Crippen LogP contribution in [0.4, 0.5) is 0 Å². The highest BCUT2D eigenvalue weighted by Gasteiger charge is 2.31. The molecule has 6 heteroatoms. The van der Waals surface area contributed by atoms with Crippen LogP contribution < -0.4 is 19.9 Å². The van der Waals surface area contributed by atoms with Crippen LogP contribution in [0.2, 0.25) is 0 Å². The van der Waals surface area contributed by atoms with Gasteiger partial charge in [-0.3, -0.25) is 0 Å². The fourth-order valence-electron chi connectivity index (χ4n) is 3.96. The summed E-state index contributed by atoms with van der Waals surface area (Å²) in [4.78, 5) is 12.3. The summed E-state index contributed by atoms with van der Waals surface area (Å²) in [6.45, 7) is 8.20. The summed E-state index contributed by atoms with van der Waals surface area (Å²) >= 11 is 0. The van der Waals surface area contributed by atoms with Crippen molar-refractivity contribution in [2.75, 3.05) is 6.61 Å². The lowest BCUT2D eigenvalue weighted by Crippen LogP contribution is -2.22. The molecule has 1 aliphatic rings. The Bertz CT molecular complexity index is 1310. The molecule has 0 fully saturated rings. The number of carbonyl (C=O) groups excluding carboxylic acids is 1. The monoisotopic (exact) mass is 468 g/mol. The Morgan fingerprint density at radius 3 is 2.31 bits per heavy atom. The Labute approximate surface area is 205 Å². The Balaban J connectivity index is 1.55. The Morgan fingerprint density at radius 1 is 1.03 bits per heavy atom. The molecule has 1 atom stereocenters. The van der Waals surface area contributed by atoms with Crippen molar-refractivity contribution in [3.05, 3.63) is 100 Å². The molecule has 1 aliphatic heterocycles. The van der Waals surface area contributed by atoms with Gasteiger partial charge < -0.3 is 19.9 Å². The number of hydrogen-bond acceptors (Lipinski definition) is 6. The lowest BCUT2D eigenvalue weighted by Gasteiger charge is -2.27. The first-order chi connectivity index (χ1) is 16.7. The van der Waals surface area contributed by atoms with Gasteiger partial charge in [0.1, 0.15) is 28.9 Å². The number of allylic oxidation sites excluding steroid dienone is 1. The highest BCUT2D eigenvalue weighted by atomic mass is 16.6. The average molecular weight is 469 g/mol. The highest BCUT2D eigenvalue weighted by molar-refractivity contribution is 5.74. The average Bonchev–Trinajstić information content (AvgIpc) is 2.82. The third-order valence-electron chi connectivity index (χ3n) is 5.91. The number of ether oxygens (including phenoxy) is 3. The van der Waals surface area contributed by atoms with Crippen molar-refractivity contribution >= 4 is 5.97 Å². The van der Waals surface area contributed by atoms with E-state index in [0.717, 1.165) is 16.7 Å². The Kier molecular flexibility index (Phi) is 6.52. The van der Waals surface area contributed by atoms with Gasteiger partial charge in [-0.25, -0.2) is 4.79 Å². The molecule has 0 bridgehead atoms. The number of benzene rings is 3. The normalized spacial score (nSPS) is 15.0. The van der Waals surface area contributed by atoms with Gasteiger partial charge in [-0.15, -0.1) is 0 Å². The van der Waals surface area contributed by atoms with Crippen LogP contribution in [0.5, 0.6) is 17.2 Å². The first-order valence-corrected chi connectivity index (χ1v) is 11.4. The number of esters is 1. The SMILES string of the molecule is Cc1ccc(OCC(=O)Oc2ccc3c(c2)OC(N)=C(C#N)C3c2ccc(C(C)(C)C)cc2)cc1. The molecule has 0 aliphatic carbocycles. The third kappa shape index (κ3) is 5.30. The van der Waals surface area contributed by atoms with Gasteiger partial charge in [0.15, 0.2) is 6.61 Å². The molecule has 4 rings (SSSR count). The number of fused-ring (bicyclic) bond motifs is 1. The Morgan fingerprint density at radius 2 is 1.69 bits per heavy atom. The predicted octanol–water partition coefficient (Wildman–Crippen LogP) is 5.50. The van der Waals surface area contributed by atoms with Crippen LogP contribution in [-0.4, -0.2) is 12.6 Å². The van der Waals surface area contributed by atoms with E-state index in [1.807, 2.05) is 31.2 Å². The molecule has 35 heavy (non-hydrogen) atoms. The maximum absolute atomic E-state index is 12.3. The largest absolute Gasteiger partial charge is 0.482 e. The smallest absolute Gasteiger partial charge is 0.349 e. The number of hydrogen-bond donors (Lipinski definition) is 1. The van der Waals surface area contributed by atoms with Gasteiger partial charge in [0, 0.05) is 11.6 Å². The van der Waals surface area contributed by atoms with E-state index < -0.39 is 5.97 Å². The molecule has 0 aromatic heterocycles. The van der Waals surface area contributed by atoms with Crippen molar-refractivity contribution in [1.82, 2.24) is 0 Å². The third-order valence-corrected chi connectivity index (χ3v) is 5.91. The van der Waals surface area contributed by atoms with E-state index in [-0.39, 0.29) is 23.8 Å². The van der Waals surface area contributed by atoms with Crippen molar-refractivity contribution in [3.63, 3.8) is 0 Å². The van der Waals surface area contributed by atoms with E-state index in [0.29, 0.717) is 22.8 Å². The van der Waals surface area contributed by atoms with Crippen LogP contribution >= 0.6 is 0 Å². The fraction of sp³-hybridized carbons (Fsp3) is 0.241. The van der Waals surface area contributed by atoms with Crippen molar-refractivity contribution in [2.45, 2.75) is 39.0 Å². The zero-order chi connectivity index (χ0) is 25.2. The summed E-state index contributed by atoms with van der Waals surface area (Å²) in [5, 5.41) is 9.79. The molecular formula is C29H28N2O4. The molecule has 0 spiro atoms. The van der Waals surface area contributed by atoms with Gasteiger partial charge in [-0.05, 0) is 41.7 Å². The number of aryl methyl sites for hydroxylation is 1. The lowest BCUT2D eigenvalue weighted by molar-refractivity contribution is -0.136. The van der Waals surface area contributed by atoms with Crippen LogP contribution in [0.1, 0.15) is 48.9 Å². The number of carbonyl (C=O) groups is 1. The maximum Gasteiger partial charge on any atom is 0.349 e. The molecule has 0 saturated heterocycles. The predicted molar refractivity (Wildman–Crippen MR) is 133 cm³/mol. The zero-order valence-corrected chi connectivity index (χ0v) is 20.3. The fourth-order valence-corrected chi connectivity index (χ4v) is 3.96. The van der Waals surface area contributed by atoms with E-state index in [1.54, 1.807) is 30.3 Å². The zero-order valence-electron chi connectivity index (χ0n) is 20.3. The van der Waals surface area contributed by atoms with Crippen molar-refractivity contribution in [2.24, 2.45) is 5.73 Å². The molecule has 3 aromatic carbocycles. The standard InChI is InChI=1S/C29H28N2O4/c1-18-5-11-21(12-6-18)33-17-26(32)34-22-13-14-23-25(15-22)35-28(31)24(16-30)27(23)19-7-9-20(10-8-19)29(2,3)4/h5-15,27H,17,31H2,1-4H3.